The first-order valence-electron chi connectivity index (χ1n) is 5.63. The summed E-state index contributed by atoms with van der Waals surface area (Å²) in [4.78, 5) is 19.9. The topological polar surface area (TPSA) is 85.8 Å². The number of hydrogen-bond donors (Lipinski definition) is 2. The van der Waals surface area contributed by atoms with Crippen LogP contribution in [0.1, 0.15) is 16.3 Å². The number of aromatic nitrogens is 3. The number of pyridine rings is 1. The van der Waals surface area contributed by atoms with Crippen LogP contribution in [0.15, 0.2) is 30.7 Å². The van der Waals surface area contributed by atoms with Crippen molar-refractivity contribution < 1.29 is 4.79 Å². The summed E-state index contributed by atoms with van der Waals surface area (Å²) in [5.74, 6) is 0.727. The molecular formula is C12H15N5O. The highest BCUT2D eigenvalue weighted by Crippen LogP contribution is 2.01. The first-order chi connectivity index (χ1) is 8.66. The van der Waals surface area contributed by atoms with Crippen molar-refractivity contribution in [3.05, 3.63) is 42.2 Å². The van der Waals surface area contributed by atoms with Crippen molar-refractivity contribution in [2.75, 3.05) is 12.3 Å². The van der Waals surface area contributed by atoms with Crippen molar-refractivity contribution in [1.29, 1.82) is 0 Å². The molecule has 0 bridgehead atoms. The molecule has 3 N–H and O–H groups in total. The standard InChI is InChI=1S/C12H15N5O/c1-17-7-6-14-11(17)4-5-15-12(18)10-3-2-9(13)8-16-10/h2-3,6-8H,4-5,13H2,1H3,(H,15,18). The highest BCUT2D eigenvalue weighted by Gasteiger charge is 2.06. The number of nitrogen functional groups attached to an aromatic ring is 1. The smallest absolute Gasteiger partial charge is 0.269 e. The van der Waals surface area contributed by atoms with Gasteiger partial charge in [0.2, 0.25) is 0 Å². The van der Waals surface area contributed by atoms with E-state index in [2.05, 4.69) is 15.3 Å². The molecule has 0 aliphatic rings. The van der Waals surface area contributed by atoms with Crippen LogP contribution in [0, 0.1) is 0 Å². The number of carbonyl (C=O) groups is 1. The Morgan fingerprint density at radius 1 is 1.44 bits per heavy atom. The average Bonchev–Trinajstić information content (AvgIpc) is 2.76. The summed E-state index contributed by atoms with van der Waals surface area (Å²) < 4.78 is 1.92. The van der Waals surface area contributed by atoms with Crippen LogP contribution < -0.4 is 11.1 Å². The van der Waals surface area contributed by atoms with Gasteiger partial charge in [0.1, 0.15) is 11.5 Å². The van der Waals surface area contributed by atoms with Crippen molar-refractivity contribution in [3.8, 4) is 0 Å². The van der Waals surface area contributed by atoms with Gasteiger partial charge in [0, 0.05) is 32.4 Å². The van der Waals surface area contributed by atoms with Gasteiger partial charge in [-0.3, -0.25) is 4.79 Å². The third-order valence-corrected chi connectivity index (χ3v) is 2.57. The van der Waals surface area contributed by atoms with E-state index in [0.29, 0.717) is 24.3 Å². The van der Waals surface area contributed by atoms with Gasteiger partial charge in [0.05, 0.1) is 11.9 Å². The fourth-order valence-electron chi connectivity index (χ4n) is 1.56. The molecule has 6 nitrogen and oxygen atoms in total. The fraction of sp³-hybridized carbons (Fsp3) is 0.250. The Balaban J connectivity index is 1.85. The van der Waals surface area contributed by atoms with Crippen molar-refractivity contribution in [3.63, 3.8) is 0 Å². The Morgan fingerprint density at radius 3 is 2.89 bits per heavy atom. The van der Waals surface area contributed by atoms with E-state index >= 15 is 0 Å². The Morgan fingerprint density at radius 2 is 2.28 bits per heavy atom. The molecule has 2 aromatic heterocycles. The van der Waals surface area contributed by atoms with E-state index in [4.69, 9.17) is 5.73 Å². The number of anilines is 1. The number of aryl methyl sites for hydroxylation is 1. The highest BCUT2D eigenvalue weighted by molar-refractivity contribution is 5.92. The maximum atomic E-state index is 11.7. The van der Waals surface area contributed by atoms with Crippen LogP contribution in [-0.2, 0) is 13.5 Å². The molecule has 0 saturated heterocycles. The number of nitrogens with two attached hydrogens (primary N) is 1. The predicted molar refractivity (Wildman–Crippen MR) is 67.9 cm³/mol. The molecule has 0 unspecified atom stereocenters. The van der Waals surface area contributed by atoms with E-state index < -0.39 is 0 Å². The van der Waals surface area contributed by atoms with Gasteiger partial charge in [-0.2, -0.15) is 0 Å². The fourth-order valence-corrected chi connectivity index (χ4v) is 1.56. The monoisotopic (exact) mass is 245 g/mol. The number of imidazole rings is 1. The Kier molecular flexibility index (Phi) is 3.57. The number of nitrogens with one attached hydrogen (secondary N) is 1. The normalized spacial score (nSPS) is 10.3. The van der Waals surface area contributed by atoms with Crippen LogP contribution in [0.4, 0.5) is 5.69 Å². The Bertz CT molecular complexity index is 532. The van der Waals surface area contributed by atoms with Crippen LogP contribution in [0.5, 0.6) is 0 Å². The summed E-state index contributed by atoms with van der Waals surface area (Å²) >= 11 is 0. The van der Waals surface area contributed by atoms with Crippen LogP contribution in [-0.4, -0.2) is 27.0 Å². The van der Waals surface area contributed by atoms with E-state index in [1.165, 1.54) is 6.20 Å². The molecule has 18 heavy (non-hydrogen) atoms. The van der Waals surface area contributed by atoms with E-state index in [0.717, 1.165) is 5.82 Å². The summed E-state index contributed by atoms with van der Waals surface area (Å²) in [5, 5.41) is 2.79. The molecule has 94 valence electrons. The lowest BCUT2D eigenvalue weighted by Crippen LogP contribution is -2.27. The lowest BCUT2D eigenvalue weighted by Gasteiger charge is -2.05. The molecule has 2 rings (SSSR count). The molecule has 2 aromatic rings. The third-order valence-electron chi connectivity index (χ3n) is 2.57. The molecule has 0 radical (unpaired) electrons. The Hall–Kier alpha value is -2.37. The molecule has 0 aliphatic carbocycles. The SMILES string of the molecule is Cn1ccnc1CCNC(=O)c1ccc(N)cn1. The molecule has 1 amide bonds. The van der Waals surface area contributed by atoms with E-state index in [1.807, 2.05) is 17.8 Å². The molecule has 6 heteroatoms. The van der Waals surface area contributed by atoms with Gasteiger partial charge in [-0.15, -0.1) is 0 Å². The molecule has 0 aromatic carbocycles. The van der Waals surface area contributed by atoms with E-state index in [9.17, 15) is 4.79 Å². The van der Waals surface area contributed by atoms with Crippen LogP contribution in [0.25, 0.3) is 0 Å². The molecule has 0 spiro atoms. The molecule has 0 fully saturated rings. The zero-order valence-electron chi connectivity index (χ0n) is 10.1. The largest absolute Gasteiger partial charge is 0.397 e. The molecule has 0 saturated carbocycles. The second kappa shape index (κ2) is 5.31. The number of hydrogen-bond acceptors (Lipinski definition) is 4. The van der Waals surface area contributed by atoms with Gasteiger partial charge >= 0.3 is 0 Å². The summed E-state index contributed by atoms with van der Waals surface area (Å²) in [7, 11) is 1.92. The number of carbonyl (C=O) groups excluding carboxylic acids is 1. The summed E-state index contributed by atoms with van der Waals surface area (Å²) in [6.07, 6.45) is 5.76. The van der Waals surface area contributed by atoms with Gasteiger partial charge in [-0.25, -0.2) is 9.97 Å². The highest BCUT2D eigenvalue weighted by atomic mass is 16.1. The first-order valence-corrected chi connectivity index (χ1v) is 5.63. The zero-order valence-corrected chi connectivity index (χ0v) is 10.1. The van der Waals surface area contributed by atoms with Crippen LogP contribution >= 0.6 is 0 Å². The quantitative estimate of drug-likeness (QED) is 0.814. The number of nitrogens with zero attached hydrogens (tertiary/aromatic N) is 3. The lowest BCUT2D eigenvalue weighted by molar-refractivity contribution is 0.0949. The van der Waals surface area contributed by atoms with Crippen molar-refractivity contribution in [2.24, 2.45) is 7.05 Å². The van der Waals surface area contributed by atoms with E-state index in [1.54, 1.807) is 18.3 Å². The number of amides is 1. The number of rotatable bonds is 4. The van der Waals surface area contributed by atoms with E-state index in [-0.39, 0.29) is 5.91 Å². The van der Waals surface area contributed by atoms with Crippen molar-refractivity contribution >= 4 is 11.6 Å². The third kappa shape index (κ3) is 2.85. The lowest BCUT2D eigenvalue weighted by atomic mass is 10.3. The van der Waals surface area contributed by atoms with Crippen LogP contribution in [0.2, 0.25) is 0 Å². The van der Waals surface area contributed by atoms with Gasteiger partial charge in [-0.05, 0) is 12.1 Å². The zero-order chi connectivity index (χ0) is 13.0. The van der Waals surface area contributed by atoms with Gasteiger partial charge in [0.25, 0.3) is 5.91 Å². The second-order valence-corrected chi connectivity index (χ2v) is 3.94. The van der Waals surface area contributed by atoms with Gasteiger partial charge < -0.3 is 15.6 Å². The van der Waals surface area contributed by atoms with Crippen molar-refractivity contribution in [1.82, 2.24) is 19.9 Å². The summed E-state index contributed by atoms with van der Waals surface area (Å²) in [6, 6.07) is 3.26. The molecule has 0 aliphatic heterocycles. The maximum absolute atomic E-state index is 11.7. The Labute approximate surface area is 105 Å². The average molecular weight is 245 g/mol. The predicted octanol–water partition coefficient (Wildman–Crippen LogP) is 0.370. The minimum Gasteiger partial charge on any atom is -0.397 e. The first kappa shape index (κ1) is 12.1. The van der Waals surface area contributed by atoms with Gasteiger partial charge in [-0.1, -0.05) is 0 Å². The summed E-state index contributed by atoms with van der Waals surface area (Å²) in [6.45, 7) is 0.524. The van der Waals surface area contributed by atoms with Crippen molar-refractivity contribution in [2.45, 2.75) is 6.42 Å². The minimum atomic E-state index is -0.204. The molecular weight excluding hydrogens is 230 g/mol. The second-order valence-electron chi connectivity index (χ2n) is 3.94. The minimum absolute atomic E-state index is 0.204. The molecule has 0 atom stereocenters. The molecule has 2 heterocycles. The van der Waals surface area contributed by atoms with Gasteiger partial charge in [0.15, 0.2) is 0 Å². The maximum Gasteiger partial charge on any atom is 0.269 e. The van der Waals surface area contributed by atoms with Crippen LogP contribution in [0.3, 0.4) is 0 Å². The summed E-state index contributed by atoms with van der Waals surface area (Å²) in [5.41, 5.74) is 6.41.